The van der Waals surface area contributed by atoms with E-state index in [2.05, 4.69) is 15.5 Å². The second-order valence-corrected chi connectivity index (χ2v) is 7.01. The molecule has 1 aliphatic heterocycles. The van der Waals surface area contributed by atoms with Crippen LogP contribution in [-0.2, 0) is 15.8 Å². The average molecular weight is 463 g/mol. The molecule has 0 spiro atoms. The number of benzene rings is 2. The number of fused-ring (bicyclic) bond motifs is 1. The van der Waals surface area contributed by atoms with Crippen LogP contribution in [0, 0.1) is 0 Å². The fourth-order valence-electron chi connectivity index (χ4n) is 2.84. The van der Waals surface area contributed by atoms with Gasteiger partial charge >= 0.3 is 6.18 Å². The van der Waals surface area contributed by atoms with Crippen molar-refractivity contribution in [1.82, 2.24) is 0 Å². The van der Waals surface area contributed by atoms with Crippen LogP contribution in [0.1, 0.15) is 36.0 Å². The molecule has 178 valence electrons. The van der Waals surface area contributed by atoms with Crippen LogP contribution in [0.4, 0.5) is 18.9 Å². The summed E-state index contributed by atoms with van der Waals surface area (Å²) in [5.41, 5.74) is 8.09. The number of hydrogen-bond donors (Lipinski definition) is 2. The van der Waals surface area contributed by atoms with E-state index in [4.69, 9.17) is 15.3 Å². The Bertz CT molecular complexity index is 926. The van der Waals surface area contributed by atoms with E-state index in [0.717, 1.165) is 36.2 Å². The first-order valence-corrected chi connectivity index (χ1v) is 10.5. The molecule has 0 unspecified atom stereocenters. The summed E-state index contributed by atoms with van der Waals surface area (Å²) in [7, 11) is 1.62. The summed E-state index contributed by atoms with van der Waals surface area (Å²) < 4.78 is 42.7. The van der Waals surface area contributed by atoms with Gasteiger partial charge < -0.3 is 20.6 Å². The van der Waals surface area contributed by atoms with Gasteiger partial charge in [0.05, 0.1) is 11.3 Å². The zero-order chi connectivity index (χ0) is 23.9. The molecule has 1 aliphatic rings. The van der Waals surface area contributed by atoms with E-state index in [-0.39, 0.29) is 6.61 Å². The first-order valence-electron chi connectivity index (χ1n) is 10.5. The summed E-state index contributed by atoms with van der Waals surface area (Å²) in [5.74, 6) is 0. The van der Waals surface area contributed by atoms with Crippen molar-refractivity contribution in [3.8, 4) is 0 Å². The van der Waals surface area contributed by atoms with E-state index < -0.39 is 11.7 Å². The van der Waals surface area contributed by atoms with E-state index >= 15 is 0 Å². The van der Waals surface area contributed by atoms with Gasteiger partial charge in [0, 0.05) is 50.1 Å². The number of nitrogens with one attached hydrogen (secondary N) is 1. The van der Waals surface area contributed by atoms with E-state index in [1.165, 1.54) is 12.1 Å². The minimum Gasteiger partial charge on any atom is -0.394 e. The second-order valence-electron chi connectivity index (χ2n) is 7.01. The topological polar surface area (TPSA) is 81.2 Å². The summed E-state index contributed by atoms with van der Waals surface area (Å²) in [5, 5.41) is 7.11. The Kier molecular flexibility index (Phi) is 11.1. The van der Waals surface area contributed by atoms with Crippen molar-refractivity contribution in [2.45, 2.75) is 25.4 Å². The van der Waals surface area contributed by atoms with Crippen molar-refractivity contribution in [2.24, 2.45) is 15.9 Å². The van der Waals surface area contributed by atoms with Crippen LogP contribution >= 0.6 is 0 Å². The van der Waals surface area contributed by atoms with Crippen molar-refractivity contribution in [3.63, 3.8) is 0 Å². The fraction of sp³-hybridized carbons (Fsp3) is 0.333. The van der Waals surface area contributed by atoms with Gasteiger partial charge in [0.15, 0.2) is 0 Å². The highest BCUT2D eigenvalue weighted by Crippen LogP contribution is 2.29. The molecule has 0 radical (unpaired) electrons. The molecule has 0 saturated heterocycles. The number of nitrogens with zero attached hydrogens (tertiary/aromatic N) is 2. The highest BCUT2D eigenvalue weighted by atomic mass is 19.4. The molecule has 0 atom stereocenters. The van der Waals surface area contributed by atoms with Gasteiger partial charge in [0.25, 0.3) is 0 Å². The number of ether oxygens (including phenoxy) is 1. The molecule has 0 amide bonds. The van der Waals surface area contributed by atoms with Gasteiger partial charge in [0.1, 0.15) is 6.61 Å². The minimum atomic E-state index is -4.34. The third kappa shape index (κ3) is 9.46. The summed E-state index contributed by atoms with van der Waals surface area (Å²) in [6, 6.07) is 13.0. The third-order valence-corrected chi connectivity index (χ3v) is 4.52. The molecule has 9 heteroatoms. The maximum absolute atomic E-state index is 12.6. The van der Waals surface area contributed by atoms with Crippen molar-refractivity contribution in [3.05, 3.63) is 77.6 Å². The number of methoxy groups -OCH3 is 1. The van der Waals surface area contributed by atoms with Crippen LogP contribution in [0.2, 0.25) is 0 Å². The molecule has 1 heterocycles. The fourth-order valence-corrected chi connectivity index (χ4v) is 2.84. The molecule has 3 rings (SSSR count). The quantitative estimate of drug-likeness (QED) is 0.305. The Labute approximate surface area is 192 Å². The van der Waals surface area contributed by atoms with E-state index in [1.54, 1.807) is 13.3 Å². The van der Waals surface area contributed by atoms with Crippen LogP contribution in [0.15, 0.2) is 71.1 Å². The molecule has 2 aromatic carbocycles. The van der Waals surface area contributed by atoms with Crippen LogP contribution in [0.3, 0.4) is 0 Å². The lowest BCUT2D eigenvalue weighted by Crippen LogP contribution is -2.09. The molecule has 33 heavy (non-hydrogen) atoms. The highest BCUT2D eigenvalue weighted by molar-refractivity contribution is 6.00. The molecule has 0 aliphatic carbocycles. The first kappa shape index (κ1) is 26.1. The largest absolute Gasteiger partial charge is 0.416 e. The first-order chi connectivity index (χ1) is 16.0. The maximum Gasteiger partial charge on any atom is 0.416 e. The predicted molar refractivity (Wildman–Crippen MR) is 126 cm³/mol. The van der Waals surface area contributed by atoms with Crippen LogP contribution in [0.25, 0.3) is 0 Å². The van der Waals surface area contributed by atoms with Crippen LogP contribution in [-0.4, -0.2) is 38.8 Å². The van der Waals surface area contributed by atoms with Crippen LogP contribution < -0.4 is 11.1 Å². The number of rotatable bonds is 9. The Balaban J connectivity index is 0.000000288. The summed E-state index contributed by atoms with van der Waals surface area (Å²) in [4.78, 5) is 9.11. The van der Waals surface area contributed by atoms with E-state index in [0.29, 0.717) is 30.8 Å². The maximum atomic E-state index is 12.6. The molecule has 6 nitrogen and oxygen atoms in total. The number of unbranched alkanes of at least 4 members (excludes halogenated alkanes) is 1. The molecule has 0 saturated carbocycles. The van der Waals surface area contributed by atoms with Gasteiger partial charge in [-0.05, 0) is 43.0 Å². The highest BCUT2D eigenvalue weighted by Gasteiger charge is 2.30. The number of nitrogens with two attached hydrogens (primary N) is 1. The van der Waals surface area contributed by atoms with Gasteiger partial charge in [-0.1, -0.05) is 35.5 Å². The smallest absolute Gasteiger partial charge is 0.394 e. The van der Waals surface area contributed by atoms with Crippen molar-refractivity contribution in [1.29, 1.82) is 0 Å². The van der Waals surface area contributed by atoms with Gasteiger partial charge in [-0.2, -0.15) is 13.2 Å². The molecule has 3 N–H and O–H groups in total. The van der Waals surface area contributed by atoms with Crippen molar-refractivity contribution < 1.29 is 22.7 Å². The second kappa shape index (κ2) is 14.1. The molecule has 0 bridgehead atoms. The van der Waals surface area contributed by atoms with Crippen LogP contribution in [0.5, 0.6) is 0 Å². The average Bonchev–Trinajstić information content (AvgIpc) is 3.06. The lowest BCUT2D eigenvalue weighted by Gasteiger charge is -2.10. The SMILES string of the molecule is C1=CNc2ccccc2C=N1.COCCCC/C(=N\OCCN)c1ccc(C(F)(F)F)cc1. The van der Waals surface area contributed by atoms with E-state index in [1.807, 2.05) is 36.7 Å². The number of hydrogen-bond acceptors (Lipinski definition) is 6. The monoisotopic (exact) mass is 462 g/mol. The molecule has 2 aromatic rings. The molecule has 0 fully saturated rings. The van der Waals surface area contributed by atoms with Gasteiger partial charge in [0.2, 0.25) is 0 Å². The van der Waals surface area contributed by atoms with Gasteiger partial charge in [-0.15, -0.1) is 0 Å². The normalized spacial score (nSPS) is 12.8. The Morgan fingerprint density at radius 3 is 2.52 bits per heavy atom. The Morgan fingerprint density at radius 2 is 1.82 bits per heavy atom. The number of alkyl halides is 3. The number of oxime groups is 1. The Hall–Kier alpha value is -3.17. The summed E-state index contributed by atoms with van der Waals surface area (Å²) in [6.07, 6.45) is 3.30. The van der Waals surface area contributed by atoms with Crippen molar-refractivity contribution in [2.75, 3.05) is 32.2 Å². The van der Waals surface area contributed by atoms with E-state index in [9.17, 15) is 13.2 Å². The zero-order valence-electron chi connectivity index (χ0n) is 18.5. The molecule has 0 aromatic heterocycles. The van der Waals surface area contributed by atoms with Crippen molar-refractivity contribution >= 4 is 17.6 Å². The van der Waals surface area contributed by atoms with Gasteiger partial charge in [-0.3, -0.25) is 4.99 Å². The lowest BCUT2D eigenvalue weighted by atomic mass is 10.0. The number of aliphatic imine (C=N–C) groups is 1. The predicted octanol–water partition coefficient (Wildman–Crippen LogP) is 5.20. The lowest BCUT2D eigenvalue weighted by molar-refractivity contribution is -0.137. The summed E-state index contributed by atoms with van der Waals surface area (Å²) in [6.45, 7) is 1.22. The number of halogens is 3. The summed E-state index contributed by atoms with van der Waals surface area (Å²) >= 11 is 0. The Morgan fingerprint density at radius 1 is 1.06 bits per heavy atom. The number of para-hydroxylation sites is 1. The molecular weight excluding hydrogens is 433 g/mol. The zero-order valence-corrected chi connectivity index (χ0v) is 18.5. The third-order valence-electron chi connectivity index (χ3n) is 4.52. The minimum absolute atomic E-state index is 0.266. The number of anilines is 1. The van der Waals surface area contributed by atoms with Gasteiger partial charge in [-0.25, -0.2) is 0 Å². The molecular formula is C24H29F3N4O2. The standard InChI is InChI=1S/C15H21F3N2O2.C9H8N2/c1-21-10-3-2-4-14(20-22-11-9-19)12-5-7-13(8-6-12)15(16,17)18;1-2-4-9-8(3-1)7-10-5-6-11-9/h5-8H,2-4,9-11,19H2,1H3;1-7,11H/b20-14+;.